The minimum atomic E-state index is -0.822. The van der Waals surface area contributed by atoms with Crippen LogP contribution in [0, 0.1) is 18.8 Å². The molecule has 0 spiro atoms. The smallest absolute Gasteiger partial charge is 0.295 e. The van der Waals surface area contributed by atoms with E-state index in [0.29, 0.717) is 41.4 Å². The molecule has 3 aliphatic rings. The van der Waals surface area contributed by atoms with Crippen molar-refractivity contribution in [2.24, 2.45) is 11.8 Å². The number of carbonyl (C=O) groups excluding carboxylic acids is 2. The van der Waals surface area contributed by atoms with Gasteiger partial charge < -0.3 is 23.5 Å². The molecule has 1 saturated carbocycles. The molecule has 1 aromatic carbocycles. The highest BCUT2D eigenvalue weighted by Crippen LogP contribution is 2.51. The lowest BCUT2D eigenvalue weighted by atomic mass is 9.74. The highest BCUT2D eigenvalue weighted by molar-refractivity contribution is 6.21. The average molecular weight is 503 g/mol. The summed E-state index contributed by atoms with van der Waals surface area (Å²) in [5.74, 6) is 1.22. The molecule has 1 fully saturated rings. The number of nitrogens with zero attached hydrogens (tertiary/aromatic N) is 2. The van der Waals surface area contributed by atoms with E-state index < -0.39 is 24.0 Å². The number of ether oxygens (including phenoxy) is 4. The largest absolute Gasteiger partial charge is 0.493 e. The number of halogens is 1. The van der Waals surface area contributed by atoms with Crippen LogP contribution in [0.1, 0.15) is 37.1 Å². The molecule has 5 rings (SSSR count). The number of ketones is 1. The lowest BCUT2D eigenvalue weighted by Gasteiger charge is -2.39. The van der Waals surface area contributed by atoms with E-state index in [1.54, 1.807) is 25.1 Å². The van der Waals surface area contributed by atoms with Crippen LogP contribution in [0.15, 0.2) is 34.1 Å². The Morgan fingerprint density at radius 1 is 1.06 bits per heavy atom. The lowest BCUT2D eigenvalue weighted by Crippen LogP contribution is -2.44. The highest BCUT2D eigenvalue weighted by Gasteiger charge is 2.54. The van der Waals surface area contributed by atoms with Gasteiger partial charge in [0.2, 0.25) is 5.75 Å². The van der Waals surface area contributed by atoms with Crippen LogP contribution in [0.2, 0.25) is 0 Å². The molecular formula is C25H27ClN2O7. The summed E-state index contributed by atoms with van der Waals surface area (Å²) in [6.07, 6.45) is 0.698. The number of aryl methyl sites for hydroxylation is 1. The summed E-state index contributed by atoms with van der Waals surface area (Å²) >= 11 is 6.55. The van der Waals surface area contributed by atoms with E-state index in [1.807, 2.05) is 6.92 Å². The lowest BCUT2D eigenvalue weighted by molar-refractivity contribution is -0.132. The van der Waals surface area contributed by atoms with Crippen molar-refractivity contribution in [1.29, 1.82) is 0 Å². The van der Waals surface area contributed by atoms with Gasteiger partial charge in [-0.15, -0.1) is 11.6 Å². The fourth-order valence-electron chi connectivity index (χ4n) is 5.30. The molecule has 5 unspecified atom stereocenters. The number of alkyl halides is 1. The topological polar surface area (TPSA) is 100 Å². The number of methoxy groups -OCH3 is 3. The maximum Gasteiger partial charge on any atom is 0.295 e. The third-order valence-electron chi connectivity index (χ3n) is 7.08. The Kier molecular flexibility index (Phi) is 5.91. The summed E-state index contributed by atoms with van der Waals surface area (Å²) < 4.78 is 28.0. The summed E-state index contributed by atoms with van der Waals surface area (Å²) in [5.41, 5.74) is 0.866. The van der Waals surface area contributed by atoms with Crippen molar-refractivity contribution in [3.63, 3.8) is 0 Å². The quantitative estimate of drug-likeness (QED) is 0.566. The monoisotopic (exact) mass is 502 g/mol. The Bertz CT molecular complexity index is 1200. The van der Waals surface area contributed by atoms with Crippen LogP contribution in [0.25, 0.3) is 0 Å². The molecule has 2 aliphatic heterocycles. The van der Waals surface area contributed by atoms with Crippen molar-refractivity contribution in [3.8, 4) is 17.2 Å². The van der Waals surface area contributed by atoms with Crippen LogP contribution in [-0.2, 0) is 14.3 Å². The number of rotatable bonds is 5. The molecule has 3 heterocycles. The van der Waals surface area contributed by atoms with Gasteiger partial charge in [-0.1, -0.05) is 12.1 Å². The average Bonchev–Trinajstić information content (AvgIpc) is 3.40. The molecular weight excluding hydrogens is 476 g/mol. The van der Waals surface area contributed by atoms with Crippen molar-refractivity contribution < 1.29 is 33.1 Å². The van der Waals surface area contributed by atoms with Crippen molar-refractivity contribution in [1.82, 2.24) is 5.16 Å². The first-order valence-corrected chi connectivity index (χ1v) is 11.9. The minimum Gasteiger partial charge on any atom is -0.493 e. The Morgan fingerprint density at radius 3 is 2.31 bits per heavy atom. The zero-order valence-corrected chi connectivity index (χ0v) is 20.9. The van der Waals surface area contributed by atoms with Gasteiger partial charge in [-0.05, 0) is 43.4 Å². The second-order valence-corrected chi connectivity index (χ2v) is 9.73. The summed E-state index contributed by atoms with van der Waals surface area (Å²) in [5, 5.41) is 3.93. The van der Waals surface area contributed by atoms with E-state index in [-0.39, 0.29) is 34.2 Å². The van der Waals surface area contributed by atoms with Gasteiger partial charge in [-0.3, -0.25) is 14.5 Å². The second kappa shape index (κ2) is 8.78. The van der Waals surface area contributed by atoms with Gasteiger partial charge in [0.25, 0.3) is 5.91 Å². The zero-order valence-electron chi connectivity index (χ0n) is 20.2. The number of aromatic nitrogens is 1. The molecule has 0 N–H and O–H groups in total. The summed E-state index contributed by atoms with van der Waals surface area (Å²) in [7, 11) is 4.52. The third kappa shape index (κ3) is 3.64. The molecule has 10 heteroatoms. The number of fused-ring (bicyclic) bond motifs is 1. The molecule has 0 saturated heterocycles. The van der Waals surface area contributed by atoms with Gasteiger partial charge >= 0.3 is 0 Å². The number of carbonyl (C=O) groups is 2. The van der Waals surface area contributed by atoms with E-state index in [9.17, 15) is 9.59 Å². The van der Waals surface area contributed by atoms with Crippen molar-refractivity contribution in [2.45, 2.75) is 44.2 Å². The number of Topliss-reactive ketones (excluding diaryl/α,β-unsaturated/α-hetero) is 1. The second-order valence-electron chi connectivity index (χ2n) is 9.17. The van der Waals surface area contributed by atoms with Gasteiger partial charge in [0, 0.05) is 11.4 Å². The number of hydrogen-bond donors (Lipinski definition) is 0. The zero-order chi connectivity index (χ0) is 25.0. The first-order valence-electron chi connectivity index (χ1n) is 11.4. The van der Waals surface area contributed by atoms with Crippen LogP contribution in [0.4, 0.5) is 5.82 Å². The van der Waals surface area contributed by atoms with Crippen LogP contribution < -0.4 is 19.1 Å². The van der Waals surface area contributed by atoms with Gasteiger partial charge in [-0.2, -0.15) is 0 Å². The van der Waals surface area contributed by atoms with E-state index in [4.69, 9.17) is 35.1 Å². The molecule has 2 aromatic rings. The van der Waals surface area contributed by atoms with Crippen LogP contribution >= 0.6 is 11.6 Å². The van der Waals surface area contributed by atoms with Crippen molar-refractivity contribution >= 4 is 29.1 Å². The number of benzene rings is 1. The van der Waals surface area contributed by atoms with Gasteiger partial charge in [0.05, 0.1) is 38.9 Å². The highest BCUT2D eigenvalue weighted by atomic mass is 35.5. The first kappa shape index (κ1) is 23.5. The van der Waals surface area contributed by atoms with Crippen molar-refractivity contribution in [2.75, 3.05) is 26.2 Å². The van der Waals surface area contributed by atoms with E-state index >= 15 is 0 Å². The standard InChI is InChI=1S/C25H27ClN2O7/c1-11-6-16-14(10-15(11)26)22(29)20-21(13-8-17(31-3)23(33-5)18(9-13)32-4)28(25(30)24(20)34-16)19-7-12(2)35-27-19/h7-9,11,14-16,21H,6,10H2,1-5H3. The van der Waals surface area contributed by atoms with Crippen LogP contribution in [-0.4, -0.2) is 49.7 Å². The van der Waals surface area contributed by atoms with Gasteiger partial charge in [0.15, 0.2) is 28.9 Å². The number of hydrogen-bond acceptors (Lipinski definition) is 8. The Morgan fingerprint density at radius 2 is 1.74 bits per heavy atom. The fourth-order valence-corrected chi connectivity index (χ4v) is 5.59. The Balaban J connectivity index is 1.69. The Labute approximate surface area is 207 Å². The predicted molar refractivity (Wildman–Crippen MR) is 126 cm³/mol. The summed E-state index contributed by atoms with van der Waals surface area (Å²) in [4.78, 5) is 29.1. The molecule has 0 radical (unpaired) electrons. The SMILES string of the molecule is COc1cc(C2C3=C(OC4CC(C)C(Cl)CC4C3=O)C(=O)N2c2cc(C)on2)cc(OC)c1OC. The summed E-state index contributed by atoms with van der Waals surface area (Å²) in [6, 6.07) is 4.27. The van der Waals surface area contributed by atoms with Gasteiger partial charge in [0.1, 0.15) is 11.9 Å². The van der Waals surface area contributed by atoms with E-state index in [1.165, 1.54) is 26.2 Å². The normalized spacial score (nSPS) is 27.9. The minimum absolute atomic E-state index is 0.0517. The fraction of sp³-hybridized carbons (Fsp3) is 0.480. The molecule has 1 aromatic heterocycles. The van der Waals surface area contributed by atoms with Crippen LogP contribution in [0.3, 0.4) is 0 Å². The molecule has 35 heavy (non-hydrogen) atoms. The Hall–Kier alpha value is -3.20. The molecule has 1 amide bonds. The molecule has 9 nitrogen and oxygen atoms in total. The van der Waals surface area contributed by atoms with E-state index in [2.05, 4.69) is 5.16 Å². The third-order valence-corrected chi connectivity index (χ3v) is 7.68. The maximum absolute atomic E-state index is 13.9. The molecule has 5 atom stereocenters. The number of amides is 1. The maximum atomic E-state index is 13.9. The first-order chi connectivity index (χ1) is 16.8. The predicted octanol–water partition coefficient (Wildman–Crippen LogP) is 3.97. The molecule has 1 aliphatic carbocycles. The molecule has 0 bridgehead atoms. The summed E-state index contributed by atoms with van der Waals surface area (Å²) in [6.45, 7) is 3.77. The van der Waals surface area contributed by atoms with Crippen molar-refractivity contribution in [3.05, 3.63) is 40.9 Å². The number of anilines is 1. The van der Waals surface area contributed by atoms with Crippen LogP contribution in [0.5, 0.6) is 17.2 Å². The molecule has 186 valence electrons. The van der Waals surface area contributed by atoms with Gasteiger partial charge in [-0.25, -0.2) is 0 Å². The van der Waals surface area contributed by atoms with E-state index in [0.717, 1.165) is 0 Å².